The van der Waals surface area contributed by atoms with Gasteiger partial charge in [-0.25, -0.2) is 9.59 Å². The number of carboxylic acid groups (broad SMARTS) is 1. The van der Waals surface area contributed by atoms with E-state index in [1.165, 1.54) is 0 Å². The molecule has 0 aromatic rings. The molecule has 0 aromatic carbocycles. The molecule has 0 heterocycles. The molecule has 2 unspecified atom stereocenters. The Balaban J connectivity index is 2.56. The fourth-order valence-electron chi connectivity index (χ4n) is 2.73. The first kappa shape index (κ1) is 17.8. The summed E-state index contributed by atoms with van der Waals surface area (Å²) in [7, 11) is 1.63. The van der Waals surface area contributed by atoms with E-state index in [0.29, 0.717) is 19.4 Å². The molecule has 1 aliphatic rings. The Kier molecular flexibility index (Phi) is 6.01. The van der Waals surface area contributed by atoms with Gasteiger partial charge in [0.15, 0.2) is 0 Å². The highest BCUT2D eigenvalue weighted by Crippen LogP contribution is 2.33. The fourth-order valence-corrected chi connectivity index (χ4v) is 2.73. The first-order valence-electron chi connectivity index (χ1n) is 7.58. The zero-order valence-corrected chi connectivity index (χ0v) is 13.5. The Labute approximate surface area is 126 Å². The second-order valence-corrected chi connectivity index (χ2v) is 6.52. The van der Waals surface area contributed by atoms with Crippen LogP contribution < -0.4 is 10.6 Å². The maximum atomic E-state index is 12.0. The number of carbonyl (C=O) groups excluding carboxylic acids is 1. The van der Waals surface area contributed by atoms with Gasteiger partial charge in [-0.15, -0.1) is 0 Å². The van der Waals surface area contributed by atoms with Crippen LogP contribution in [0.25, 0.3) is 0 Å². The summed E-state index contributed by atoms with van der Waals surface area (Å²) >= 11 is 0. The zero-order chi connectivity index (χ0) is 16.1. The molecule has 0 aromatic heterocycles. The van der Waals surface area contributed by atoms with Crippen molar-refractivity contribution in [3.8, 4) is 0 Å². The molecule has 3 N–H and O–H groups in total. The Hall–Kier alpha value is -1.30. The van der Waals surface area contributed by atoms with Crippen molar-refractivity contribution in [2.24, 2.45) is 5.92 Å². The van der Waals surface area contributed by atoms with Crippen molar-refractivity contribution in [3.05, 3.63) is 0 Å². The minimum Gasteiger partial charge on any atom is -0.479 e. The van der Waals surface area contributed by atoms with Gasteiger partial charge in [-0.05, 0) is 39.0 Å². The van der Waals surface area contributed by atoms with Gasteiger partial charge in [0.05, 0.1) is 5.60 Å². The third kappa shape index (κ3) is 4.59. The van der Waals surface area contributed by atoms with Crippen molar-refractivity contribution in [2.75, 3.05) is 13.7 Å². The minimum atomic E-state index is -1.14. The van der Waals surface area contributed by atoms with E-state index < -0.39 is 17.5 Å². The molecule has 21 heavy (non-hydrogen) atoms. The number of rotatable bonds is 6. The molecule has 0 saturated heterocycles. The van der Waals surface area contributed by atoms with Crippen molar-refractivity contribution in [3.63, 3.8) is 0 Å². The zero-order valence-electron chi connectivity index (χ0n) is 13.5. The van der Waals surface area contributed by atoms with Crippen LogP contribution >= 0.6 is 0 Å². The Morgan fingerprint density at radius 2 is 2.05 bits per heavy atom. The number of carboxylic acids is 1. The number of urea groups is 1. The smallest absolute Gasteiger partial charge is 0.329 e. The van der Waals surface area contributed by atoms with Crippen LogP contribution in [-0.4, -0.2) is 41.9 Å². The van der Waals surface area contributed by atoms with Gasteiger partial charge < -0.3 is 20.5 Å². The molecule has 0 spiro atoms. The molecular weight excluding hydrogens is 272 g/mol. The predicted molar refractivity (Wildman–Crippen MR) is 80.2 cm³/mol. The largest absolute Gasteiger partial charge is 0.479 e. The lowest BCUT2D eigenvalue weighted by atomic mass is 9.73. The molecule has 1 fully saturated rings. The van der Waals surface area contributed by atoms with E-state index in [1.807, 2.05) is 20.8 Å². The molecule has 1 aliphatic carbocycles. The number of hydrogen-bond acceptors (Lipinski definition) is 3. The van der Waals surface area contributed by atoms with E-state index in [1.54, 1.807) is 7.11 Å². The molecule has 2 amide bonds. The summed E-state index contributed by atoms with van der Waals surface area (Å²) in [6.45, 7) is 6.21. The molecule has 0 bridgehead atoms. The van der Waals surface area contributed by atoms with E-state index >= 15 is 0 Å². The van der Waals surface area contributed by atoms with Gasteiger partial charge in [-0.1, -0.05) is 19.8 Å². The van der Waals surface area contributed by atoms with Crippen molar-refractivity contribution in [2.45, 2.75) is 64.0 Å². The summed E-state index contributed by atoms with van der Waals surface area (Å²) in [6, 6.07) is -0.418. The van der Waals surface area contributed by atoms with Crippen molar-refractivity contribution in [1.29, 1.82) is 0 Å². The number of nitrogens with one attached hydrogen (secondary N) is 2. The Morgan fingerprint density at radius 1 is 1.38 bits per heavy atom. The lowest BCUT2D eigenvalue weighted by Crippen LogP contribution is -2.62. The van der Waals surface area contributed by atoms with Gasteiger partial charge >= 0.3 is 12.0 Å². The number of carbonyl (C=O) groups is 2. The van der Waals surface area contributed by atoms with Gasteiger partial charge in [0, 0.05) is 13.7 Å². The maximum absolute atomic E-state index is 12.0. The average Bonchev–Trinajstić information content (AvgIpc) is 2.41. The SMILES string of the molecule is COC(C)(C)CCNC(=O)NC1(C(=O)O)CCCCC1C. The lowest BCUT2D eigenvalue weighted by Gasteiger charge is -2.39. The van der Waals surface area contributed by atoms with Gasteiger partial charge in [0.25, 0.3) is 0 Å². The van der Waals surface area contributed by atoms with Crippen LogP contribution in [-0.2, 0) is 9.53 Å². The normalized spacial score (nSPS) is 26.2. The van der Waals surface area contributed by atoms with Crippen molar-refractivity contribution in [1.82, 2.24) is 10.6 Å². The van der Waals surface area contributed by atoms with Gasteiger partial charge in [-0.3, -0.25) is 0 Å². The minimum absolute atomic E-state index is 0.0649. The van der Waals surface area contributed by atoms with Gasteiger partial charge in [-0.2, -0.15) is 0 Å². The lowest BCUT2D eigenvalue weighted by molar-refractivity contribution is -0.148. The summed E-state index contributed by atoms with van der Waals surface area (Å²) in [5.41, 5.74) is -1.45. The van der Waals surface area contributed by atoms with E-state index in [9.17, 15) is 14.7 Å². The number of ether oxygens (including phenoxy) is 1. The van der Waals surface area contributed by atoms with Crippen molar-refractivity contribution >= 4 is 12.0 Å². The molecule has 1 rings (SSSR count). The molecule has 2 atom stereocenters. The number of hydrogen-bond donors (Lipinski definition) is 3. The van der Waals surface area contributed by atoms with Crippen LogP contribution in [0.2, 0.25) is 0 Å². The van der Waals surface area contributed by atoms with E-state index in [4.69, 9.17) is 4.74 Å². The van der Waals surface area contributed by atoms with Crippen LogP contribution in [0.15, 0.2) is 0 Å². The first-order valence-corrected chi connectivity index (χ1v) is 7.58. The van der Waals surface area contributed by atoms with Crippen molar-refractivity contribution < 1.29 is 19.4 Å². The summed E-state index contributed by atoms with van der Waals surface area (Å²) in [6.07, 6.45) is 3.81. The predicted octanol–water partition coefficient (Wildman–Crippen LogP) is 2.13. The molecule has 0 aliphatic heterocycles. The quantitative estimate of drug-likeness (QED) is 0.701. The van der Waals surface area contributed by atoms with E-state index in [0.717, 1.165) is 19.3 Å². The fraction of sp³-hybridized carbons (Fsp3) is 0.867. The Morgan fingerprint density at radius 3 is 2.57 bits per heavy atom. The second-order valence-electron chi connectivity index (χ2n) is 6.52. The number of aliphatic carboxylic acids is 1. The van der Waals surface area contributed by atoms with Gasteiger partial charge in [0.2, 0.25) is 0 Å². The molecule has 0 radical (unpaired) electrons. The molecule has 6 nitrogen and oxygen atoms in total. The highest BCUT2D eigenvalue weighted by molar-refractivity contribution is 5.86. The summed E-state index contributed by atoms with van der Waals surface area (Å²) in [5, 5.41) is 15.0. The van der Waals surface area contributed by atoms with Crippen LogP contribution in [0.3, 0.4) is 0 Å². The summed E-state index contributed by atoms with van der Waals surface area (Å²) in [5.74, 6) is -1.01. The summed E-state index contributed by atoms with van der Waals surface area (Å²) < 4.78 is 5.28. The maximum Gasteiger partial charge on any atom is 0.329 e. The number of amides is 2. The summed E-state index contributed by atoms with van der Waals surface area (Å²) in [4.78, 5) is 23.7. The number of methoxy groups -OCH3 is 1. The van der Waals surface area contributed by atoms with Crippen LogP contribution in [0, 0.1) is 5.92 Å². The highest BCUT2D eigenvalue weighted by Gasteiger charge is 2.46. The molecule has 122 valence electrons. The van der Waals surface area contributed by atoms with Crippen LogP contribution in [0.1, 0.15) is 52.9 Å². The molecular formula is C15H28N2O4. The third-order valence-corrected chi connectivity index (χ3v) is 4.58. The van der Waals surface area contributed by atoms with Gasteiger partial charge in [0.1, 0.15) is 5.54 Å². The highest BCUT2D eigenvalue weighted by atomic mass is 16.5. The monoisotopic (exact) mass is 300 g/mol. The first-order chi connectivity index (χ1) is 9.73. The van der Waals surface area contributed by atoms with E-state index in [-0.39, 0.29) is 11.5 Å². The van der Waals surface area contributed by atoms with Crippen LogP contribution in [0.4, 0.5) is 4.79 Å². The molecule has 1 saturated carbocycles. The topological polar surface area (TPSA) is 87.7 Å². The Bertz CT molecular complexity index is 384. The van der Waals surface area contributed by atoms with E-state index in [2.05, 4.69) is 10.6 Å². The third-order valence-electron chi connectivity index (χ3n) is 4.58. The average molecular weight is 300 g/mol. The molecule has 6 heteroatoms. The second kappa shape index (κ2) is 7.11. The van der Waals surface area contributed by atoms with Crippen LogP contribution in [0.5, 0.6) is 0 Å². The standard InChI is InChI=1S/C15H28N2O4/c1-11-7-5-6-8-15(11,12(18)19)17-13(20)16-10-9-14(2,3)21-4/h11H,5-10H2,1-4H3,(H,18,19)(H2,16,17,20).